The molecule has 0 saturated carbocycles. The van der Waals surface area contributed by atoms with E-state index in [1.54, 1.807) is 23.0 Å². The summed E-state index contributed by atoms with van der Waals surface area (Å²) in [7, 11) is 1.93. The number of hydrogen-bond donors (Lipinski definition) is 1. The molecule has 1 N–H and O–H groups in total. The molecule has 1 aliphatic heterocycles. The molecule has 12 heteroatoms. The second-order valence-electron chi connectivity index (χ2n) is 11.8. The summed E-state index contributed by atoms with van der Waals surface area (Å²) >= 11 is 0. The molecule has 0 spiro atoms. The van der Waals surface area contributed by atoms with Crippen molar-refractivity contribution in [3.63, 3.8) is 0 Å². The van der Waals surface area contributed by atoms with Crippen LogP contribution in [0.25, 0.3) is 34.0 Å². The average molecular weight is 641 g/mol. The molecule has 11 nitrogen and oxygen atoms in total. The molecule has 5 aromatic rings. The third kappa shape index (κ3) is 7.02. The number of carbonyl (C=O) groups is 1. The van der Waals surface area contributed by atoms with Crippen LogP contribution < -0.4 is 20.0 Å². The van der Waals surface area contributed by atoms with Crippen LogP contribution >= 0.6 is 0 Å². The zero-order valence-electron chi connectivity index (χ0n) is 26.9. The van der Waals surface area contributed by atoms with Crippen LogP contribution in [0, 0.1) is 5.82 Å². The molecular formula is C35H39FN7O4+. The number of aliphatic carboxylic acids is 1. The first-order chi connectivity index (χ1) is 22.7. The monoisotopic (exact) mass is 640 g/mol. The molecule has 0 radical (unpaired) electrons. The van der Waals surface area contributed by atoms with Gasteiger partial charge in [0, 0.05) is 92.7 Å². The van der Waals surface area contributed by atoms with Gasteiger partial charge in [-0.3, -0.25) is 14.4 Å². The Kier molecular flexibility index (Phi) is 9.30. The van der Waals surface area contributed by atoms with Gasteiger partial charge in [-0.15, -0.1) is 5.10 Å². The average Bonchev–Trinajstić information content (AvgIpc) is 3.51. The fourth-order valence-electron chi connectivity index (χ4n) is 6.13. The Hall–Kier alpha value is -5.10. The van der Waals surface area contributed by atoms with Crippen molar-refractivity contribution in [1.82, 2.24) is 19.9 Å². The van der Waals surface area contributed by atoms with E-state index in [0.717, 1.165) is 59.5 Å². The fourth-order valence-corrected chi connectivity index (χ4v) is 6.13. The Morgan fingerprint density at radius 1 is 1.04 bits per heavy atom. The summed E-state index contributed by atoms with van der Waals surface area (Å²) in [6.45, 7) is 9.53. The summed E-state index contributed by atoms with van der Waals surface area (Å²) < 4.78 is 24.6. The number of pyridine rings is 1. The number of aryl methyl sites for hydroxylation is 2. The van der Waals surface area contributed by atoms with E-state index in [0.29, 0.717) is 36.5 Å². The molecule has 4 heterocycles. The van der Waals surface area contributed by atoms with Crippen LogP contribution in [-0.2, 0) is 24.9 Å². The summed E-state index contributed by atoms with van der Waals surface area (Å²) in [5.74, 6) is -1.14. The molecule has 1 fully saturated rings. The molecule has 0 aliphatic carbocycles. The van der Waals surface area contributed by atoms with E-state index in [1.807, 2.05) is 60.2 Å². The third-order valence-corrected chi connectivity index (χ3v) is 8.83. The molecule has 1 aliphatic rings. The standard InChI is InChI=1S/C35H38FN7O4/c1-4-41(5-2)29-11-7-25-18-26(35(46)47-33(25)20-29)8-10-28-9-6-24-19-30(36)32(21-31(24)39(28)3)42-16-14-40(15-17-42)22-27-23-43(38-37-27)13-12-34(44)45/h6-11,18-21,23H,4-5,12-17,22H2,1-3H3/p+1. The molecule has 0 atom stereocenters. The summed E-state index contributed by atoms with van der Waals surface area (Å²) in [5, 5.41) is 18.7. The minimum Gasteiger partial charge on any atom is -0.481 e. The van der Waals surface area contributed by atoms with Gasteiger partial charge < -0.3 is 19.3 Å². The molecule has 0 unspecified atom stereocenters. The SMILES string of the molecule is CCN(CC)c1ccc2cc(/C=C/c3ccc4cc(F)c(N5CCN(Cc6cn(CCC(=O)O)nn6)CC5)cc4[n+]3C)c(=O)oc2c1. The number of carboxylic acid groups (broad SMARTS) is 1. The Bertz CT molecular complexity index is 2010. The van der Waals surface area contributed by atoms with E-state index in [1.165, 1.54) is 0 Å². The quantitative estimate of drug-likeness (QED) is 0.167. The number of carboxylic acids is 1. The lowest BCUT2D eigenvalue weighted by Crippen LogP contribution is -2.46. The van der Waals surface area contributed by atoms with Gasteiger partial charge in [-0.05, 0) is 50.3 Å². The van der Waals surface area contributed by atoms with Gasteiger partial charge in [-0.25, -0.2) is 9.18 Å². The van der Waals surface area contributed by atoms with Crippen molar-refractivity contribution in [3.8, 4) is 0 Å². The lowest BCUT2D eigenvalue weighted by atomic mass is 10.1. The number of anilines is 2. The van der Waals surface area contributed by atoms with E-state index in [4.69, 9.17) is 9.52 Å². The number of fused-ring (bicyclic) bond motifs is 2. The zero-order chi connectivity index (χ0) is 33.1. The number of aromatic nitrogens is 4. The largest absolute Gasteiger partial charge is 0.481 e. The van der Waals surface area contributed by atoms with E-state index in [2.05, 4.69) is 38.9 Å². The number of nitrogens with zero attached hydrogens (tertiary/aromatic N) is 7. The highest BCUT2D eigenvalue weighted by atomic mass is 19.1. The molecule has 244 valence electrons. The van der Waals surface area contributed by atoms with E-state index in [-0.39, 0.29) is 18.8 Å². The van der Waals surface area contributed by atoms with Crippen LogP contribution in [0.3, 0.4) is 0 Å². The number of rotatable bonds is 11. The fraction of sp³-hybridized carbons (Fsp3) is 0.343. The zero-order valence-corrected chi connectivity index (χ0v) is 26.9. The number of piperazine rings is 1. The highest BCUT2D eigenvalue weighted by Crippen LogP contribution is 2.27. The Balaban J connectivity index is 1.17. The van der Waals surface area contributed by atoms with Crippen LogP contribution in [0.15, 0.2) is 63.9 Å². The van der Waals surface area contributed by atoms with Crippen molar-refractivity contribution < 1.29 is 23.3 Å². The van der Waals surface area contributed by atoms with Crippen molar-refractivity contribution in [2.45, 2.75) is 33.4 Å². The van der Waals surface area contributed by atoms with Crippen LogP contribution in [0.5, 0.6) is 0 Å². The second kappa shape index (κ2) is 13.7. The molecule has 2 aromatic carbocycles. The maximum Gasteiger partial charge on any atom is 0.343 e. The molecule has 6 rings (SSSR count). The molecule has 0 amide bonds. The van der Waals surface area contributed by atoms with Crippen molar-refractivity contribution in [2.24, 2.45) is 7.05 Å². The van der Waals surface area contributed by atoms with Gasteiger partial charge in [0.2, 0.25) is 11.2 Å². The van der Waals surface area contributed by atoms with Crippen molar-refractivity contribution in [3.05, 3.63) is 87.9 Å². The lowest BCUT2D eigenvalue weighted by Gasteiger charge is -2.35. The Morgan fingerprint density at radius 3 is 2.55 bits per heavy atom. The number of benzene rings is 2. The minimum absolute atomic E-state index is 0.00561. The molecule has 47 heavy (non-hydrogen) atoms. The number of hydrogen-bond acceptors (Lipinski definition) is 8. The van der Waals surface area contributed by atoms with Gasteiger partial charge in [0.15, 0.2) is 0 Å². The van der Waals surface area contributed by atoms with Crippen LogP contribution in [0.2, 0.25) is 0 Å². The van der Waals surface area contributed by atoms with Gasteiger partial charge in [0.05, 0.1) is 29.9 Å². The predicted octanol–water partition coefficient (Wildman–Crippen LogP) is 4.31. The van der Waals surface area contributed by atoms with Crippen molar-refractivity contribution in [2.75, 3.05) is 49.1 Å². The smallest absolute Gasteiger partial charge is 0.343 e. The summed E-state index contributed by atoms with van der Waals surface area (Å²) in [6, 6.07) is 15.0. The summed E-state index contributed by atoms with van der Waals surface area (Å²) in [5.41, 5.74) is 4.68. The second-order valence-corrected chi connectivity index (χ2v) is 11.8. The Morgan fingerprint density at radius 2 is 1.81 bits per heavy atom. The van der Waals surface area contributed by atoms with Gasteiger partial charge in [0.25, 0.3) is 0 Å². The van der Waals surface area contributed by atoms with Crippen LogP contribution in [-0.4, -0.2) is 70.2 Å². The van der Waals surface area contributed by atoms with Gasteiger partial charge in [-0.1, -0.05) is 5.21 Å². The van der Waals surface area contributed by atoms with Crippen LogP contribution in [0.4, 0.5) is 15.8 Å². The maximum absolute atomic E-state index is 15.4. The van der Waals surface area contributed by atoms with E-state index < -0.39 is 11.6 Å². The van der Waals surface area contributed by atoms with Crippen LogP contribution in [0.1, 0.15) is 37.2 Å². The topological polar surface area (TPSA) is 112 Å². The first kappa shape index (κ1) is 31.9. The first-order valence-corrected chi connectivity index (χ1v) is 15.9. The first-order valence-electron chi connectivity index (χ1n) is 15.9. The Labute approximate surface area is 271 Å². The van der Waals surface area contributed by atoms with Crippen molar-refractivity contribution >= 4 is 51.4 Å². The lowest BCUT2D eigenvalue weighted by molar-refractivity contribution is -0.646. The molecular weight excluding hydrogens is 601 g/mol. The van der Waals surface area contributed by atoms with E-state index in [9.17, 15) is 9.59 Å². The van der Waals surface area contributed by atoms with Gasteiger partial charge in [-0.2, -0.15) is 4.57 Å². The van der Waals surface area contributed by atoms with Gasteiger partial charge in [0.1, 0.15) is 18.4 Å². The summed E-state index contributed by atoms with van der Waals surface area (Å²) in [6.07, 6.45) is 5.41. The summed E-state index contributed by atoms with van der Waals surface area (Å²) in [4.78, 5) is 30.2. The number of halogens is 1. The molecule has 3 aromatic heterocycles. The highest BCUT2D eigenvalue weighted by Gasteiger charge is 2.23. The highest BCUT2D eigenvalue weighted by molar-refractivity contribution is 5.84. The normalized spacial score (nSPS) is 14.1. The minimum atomic E-state index is -0.875. The van der Waals surface area contributed by atoms with Gasteiger partial charge >= 0.3 is 11.6 Å². The molecule has 1 saturated heterocycles. The van der Waals surface area contributed by atoms with Crippen molar-refractivity contribution in [1.29, 1.82) is 0 Å². The third-order valence-electron chi connectivity index (χ3n) is 8.83. The predicted molar refractivity (Wildman–Crippen MR) is 180 cm³/mol. The van der Waals surface area contributed by atoms with E-state index >= 15 is 4.39 Å². The maximum atomic E-state index is 15.4. The molecule has 0 bridgehead atoms.